The SMILES string of the molecule is CSc1ccc(-c2noc(C3=C(C)N(c4ccccc4)C(=O)NC3c3ccc(Cl)cc3)n2)cc1. The number of halogens is 1. The highest BCUT2D eigenvalue weighted by Gasteiger charge is 2.36. The molecule has 0 bridgehead atoms. The van der Waals surface area contributed by atoms with Crippen LogP contribution in [0.5, 0.6) is 0 Å². The summed E-state index contributed by atoms with van der Waals surface area (Å²) < 4.78 is 5.75. The lowest BCUT2D eigenvalue weighted by Gasteiger charge is -2.35. The summed E-state index contributed by atoms with van der Waals surface area (Å²) in [6.45, 7) is 1.89. The fourth-order valence-electron chi connectivity index (χ4n) is 4.00. The largest absolute Gasteiger partial charge is 0.334 e. The van der Waals surface area contributed by atoms with Gasteiger partial charge in [0.15, 0.2) is 0 Å². The van der Waals surface area contributed by atoms with Gasteiger partial charge in [0, 0.05) is 21.2 Å². The highest BCUT2D eigenvalue weighted by atomic mass is 35.5. The van der Waals surface area contributed by atoms with E-state index in [-0.39, 0.29) is 6.03 Å². The van der Waals surface area contributed by atoms with Gasteiger partial charge in [-0.25, -0.2) is 4.79 Å². The summed E-state index contributed by atoms with van der Waals surface area (Å²) in [7, 11) is 0. The lowest BCUT2D eigenvalue weighted by Crippen LogP contribution is -2.46. The van der Waals surface area contributed by atoms with Gasteiger partial charge in [-0.2, -0.15) is 4.98 Å². The second-order valence-corrected chi connectivity index (χ2v) is 9.07. The molecule has 1 aliphatic heterocycles. The molecule has 1 atom stereocenters. The molecule has 1 N–H and O–H groups in total. The van der Waals surface area contributed by atoms with E-state index < -0.39 is 6.04 Å². The first-order valence-electron chi connectivity index (χ1n) is 10.7. The zero-order chi connectivity index (χ0) is 23.7. The third kappa shape index (κ3) is 4.20. The maximum atomic E-state index is 13.2. The van der Waals surface area contributed by atoms with E-state index in [1.54, 1.807) is 28.8 Å². The summed E-state index contributed by atoms with van der Waals surface area (Å²) in [6.07, 6.45) is 2.03. The highest BCUT2D eigenvalue weighted by molar-refractivity contribution is 7.98. The maximum absolute atomic E-state index is 13.2. The van der Waals surface area contributed by atoms with E-state index in [9.17, 15) is 4.79 Å². The number of allylic oxidation sites excluding steroid dienone is 1. The van der Waals surface area contributed by atoms with Gasteiger partial charge < -0.3 is 9.84 Å². The second-order valence-electron chi connectivity index (χ2n) is 7.76. The number of nitrogens with one attached hydrogen (secondary N) is 1. The van der Waals surface area contributed by atoms with Gasteiger partial charge in [0.05, 0.1) is 17.3 Å². The van der Waals surface area contributed by atoms with Crippen molar-refractivity contribution in [1.29, 1.82) is 0 Å². The number of benzene rings is 3. The lowest BCUT2D eigenvalue weighted by molar-refractivity contribution is 0.244. The Morgan fingerprint density at radius 3 is 2.38 bits per heavy atom. The third-order valence-corrected chi connectivity index (χ3v) is 6.70. The Labute approximate surface area is 206 Å². The van der Waals surface area contributed by atoms with E-state index in [1.807, 2.05) is 79.9 Å². The van der Waals surface area contributed by atoms with Gasteiger partial charge in [0.2, 0.25) is 5.82 Å². The minimum absolute atomic E-state index is 0.236. The number of carbonyl (C=O) groups is 1. The quantitative estimate of drug-likeness (QED) is 0.312. The van der Waals surface area contributed by atoms with Crippen molar-refractivity contribution in [3.8, 4) is 11.4 Å². The fraction of sp³-hybridized carbons (Fsp3) is 0.115. The van der Waals surface area contributed by atoms with Gasteiger partial charge in [-0.3, -0.25) is 4.90 Å². The Balaban J connectivity index is 1.62. The van der Waals surface area contributed by atoms with Gasteiger partial charge in [0.25, 0.3) is 5.89 Å². The van der Waals surface area contributed by atoms with Crippen molar-refractivity contribution < 1.29 is 9.32 Å². The van der Waals surface area contributed by atoms with Crippen LogP contribution in [0.15, 0.2) is 94.0 Å². The first kappa shape index (κ1) is 22.3. The van der Waals surface area contributed by atoms with Crippen molar-refractivity contribution in [2.24, 2.45) is 0 Å². The molecule has 0 aliphatic carbocycles. The van der Waals surface area contributed by atoms with Crippen molar-refractivity contribution in [3.05, 3.63) is 101 Å². The van der Waals surface area contributed by atoms with Crippen LogP contribution >= 0.6 is 23.4 Å². The van der Waals surface area contributed by atoms with Gasteiger partial charge in [-0.1, -0.05) is 47.1 Å². The number of urea groups is 1. The standard InChI is InChI=1S/C26H21ClN4O2S/c1-16-22(25-29-24(30-33-25)18-10-14-21(34-2)15-11-18)23(17-8-12-19(27)13-9-17)28-26(32)31(16)20-6-4-3-5-7-20/h3-15,23H,1-2H3,(H,28,32). The van der Waals surface area contributed by atoms with E-state index >= 15 is 0 Å². The number of carbonyl (C=O) groups excluding carboxylic acids is 1. The molecule has 2 heterocycles. The Morgan fingerprint density at radius 2 is 1.71 bits per heavy atom. The first-order chi connectivity index (χ1) is 16.5. The summed E-state index contributed by atoms with van der Waals surface area (Å²) in [5.41, 5.74) is 3.91. The molecule has 0 fully saturated rings. The van der Waals surface area contributed by atoms with E-state index in [0.29, 0.717) is 22.4 Å². The number of para-hydroxylation sites is 1. The smallest absolute Gasteiger partial charge is 0.326 e. The summed E-state index contributed by atoms with van der Waals surface area (Å²) in [5, 5.41) is 7.95. The van der Waals surface area contributed by atoms with Crippen LogP contribution in [0, 0.1) is 0 Å². The molecular formula is C26H21ClN4O2S. The number of anilines is 1. The first-order valence-corrected chi connectivity index (χ1v) is 12.3. The molecule has 170 valence electrons. The molecule has 4 aromatic rings. The molecule has 0 spiro atoms. The molecule has 0 radical (unpaired) electrons. The van der Waals surface area contributed by atoms with E-state index in [0.717, 1.165) is 27.3 Å². The number of hydrogen-bond donors (Lipinski definition) is 1. The Hall–Kier alpha value is -3.55. The van der Waals surface area contributed by atoms with E-state index in [4.69, 9.17) is 21.1 Å². The zero-order valence-corrected chi connectivity index (χ0v) is 20.1. The second kappa shape index (κ2) is 9.37. The van der Waals surface area contributed by atoms with Crippen LogP contribution in [0.2, 0.25) is 5.02 Å². The van der Waals surface area contributed by atoms with Crippen LogP contribution in [0.4, 0.5) is 10.5 Å². The number of aromatic nitrogens is 2. The molecular weight excluding hydrogens is 468 g/mol. The molecule has 1 aliphatic rings. The maximum Gasteiger partial charge on any atom is 0.326 e. The number of amides is 2. The van der Waals surface area contributed by atoms with Gasteiger partial charge in [-0.05, 0) is 67.3 Å². The Morgan fingerprint density at radius 1 is 1.00 bits per heavy atom. The predicted octanol–water partition coefficient (Wildman–Crippen LogP) is 6.81. The molecule has 0 saturated carbocycles. The topological polar surface area (TPSA) is 71.3 Å². The van der Waals surface area contributed by atoms with E-state index in [1.165, 1.54) is 0 Å². The molecule has 2 amide bonds. The van der Waals surface area contributed by atoms with Crippen molar-refractivity contribution in [2.75, 3.05) is 11.2 Å². The molecule has 8 heteroatoms. The normalized spacial score (nSPS) is 16.0. The molecule has 0 saturated heterocycles. The average Bonchev–Trinajstić information content (AvgIpc) is 3.34. The Kier molecular flexibility index (Phi) is 6.13. The predicted molar refractivity (Wildman–Crippen MR) is 136 cm³/mol. The van der Waals surface area contributed by atoms with Crippen molar-refractivity contribution >= 4 is 40.7 Å². The van der Waals surface area contributed by atoms with Crippen molar-refractivity contribution in [2.45, 2.75) is 17.9 Å². The van der Waals surface area contributed by atoms with Gasteiger partial charge >= 0.3 is 6.03 Å². The highest BCUT2D eigenvalue weighted by Crippen LogP contribution is 2.39. The molecule has 3 aromatic carbocycles. The molecule has 6 nitrogen and oxygen atoms in total. The third-order valence-electron chi connectivity index (χ3n) is 5.71. The lowest BCUT2D eigenvalue weighted by atomic mass is 9.94. The van der Waals surface area contributed by atoms with Crippen LogP contribution in [0.3, 0.4) is 0 Å². The summed E-state index contributed by atoms with van der Waals surface area (Å²) in [5.74, 6) is 0.836. The van der Waals surface area contributed by atoms with Crippen molar-refractivity contribution in [3.63, 3.8) is 0 Å². The molecule has 5 rings (SSSR count). The number of nitrogens with zero attached hydrogens (tertiary/aromatic N) is 3. The number of hydrogen-bond acceptors (Lipinski definition) is 5. The van der Waals surface area contributed by atoms with E-state index in [2.05, 4.69) is 10.5 Å². The molecule has 1 unspecified atom stereocenters. The van der Waals surface area contributed by atoms with Crippen molar-refractivity contribution in [1.82, 2.24) is 15.5 Å². The number of rotatable bonds is 5. The van der Waals surface area contributed by atoms with Gasteiger partial charge in [0.1, 0.15) is 0 Å². The monoisotopic (exact) mass is 488 g/mol. The fourth-order valence-corrected chi connectivity index (χ4v) is 4.54. The minimum Gasteiger partial charge on any atom is -0.334 e. The van der Waals surface area contributed by atoms with Crippen LogP contribution < -0.4 is 10.2 Å². The number of thioether (sulfide) groups is 1. The van der Waals surface area contributed by atoms with Gasteiger partial charge in [-0.15, -0.1) is 11.8 Å². The summed E-state index contributed by atoms with van der Waals surface area (Å²) in [6, 6.07) is 24.1. The van der Waals surface area contributed by atoms with Crippen LogP contribution in [0.1, 0.15) is 24.4 Å². The van der Waals surface area contributed by atoms with Crippen LogP contribution in [-0.2, 0) is 0 Å². The zero-order valence-electron chi connectivity index (χ0n) is 18.5. The van der Waals surface area contributed by atoms with Crippen LogP contribution in [0.25, 0.3) is 17.0 Å². The van der Waals surface area contributed by atoms with Crippen LogP contribution in [-0.4, -0.2) is 22.4 Å². The summed E-state index contributed by atoms with van der Waals surface area (Å²) >= 11 is 7.78. The molecule has 1 aromatic heterocycles. The molecule has 34 heavy (non-hydrogen) atoms. The minimum atomic E-state index is -0.475. The Bertz CT molecular complexity index is 1350. The summed E-state index contributed by atoms with van der Waals surface area (Å²) in [4.78, 5) is 20.7. The average molecular weight is 489 g/mol.